The molecule has 0 N–H and O–H groups in total. The van der Waals surface area contributed by atoms with Crippen LogP contribution in [0.2, 0.25) is 0 Å². The van der Waals surface area contributed by atoms with E-state index in [1.165, 1.54) is 49.6 Å². The maximum atomic E-state index is 6.69. The van der Waals surface area contributed by atoms with Gasteiger partial charge in [-0.05, 0) is 54.3 Å². The van der Waals surface area contributed by atoms with E-state index >= 15 is 0 Å². The molecule has 0 amide bonds. The van der Waals surface area contributed by atoms with Gasteiger partial charge in [-0.3, -0.25) is 0 Å². The molecule has 146 valence electrons. The van der Waals surface area contributed by atoms with E-state index in [0.29, 0.717) is 0 Å². The van der Waals surface area contributed by atoms with Crippen molar-refractivity contribution >= 4 is 21.7 Å². The molecular formula is C27H28NO+. The predicted molar refractivity (Wildman–Crippen MR) is 121 cm³/mol. The Hall–Kier alpha value is -2.87. The van der Waals surface area contributed by atoms with Crippen LogP contribution in [0.15, 0.2) is 48.5 Å². The van der Waals surface area contributed by atoms with Crippen LogP contribution in [0.25, 0.3) is 32.9 Å². The Kier molecular flexibility index (Phi) is 3.80. The first-order chi connectivity index (χ1) is 13.8. The third-order valence-electron chi connectivity index (χ3n) is 6.22. The Bertz CT molecular complexity index is 1310. The average Bonchev–Trinajstić information content (AvgIpc) is 2.67. The second kappa shape index (κ2) is 6.06. The van der Waals surface area contributed by atoms with Crippen LogP contribution in [0.1, 0.15) is 37.5 Å². The first kappa shape index (κ1) is 18.2. The zero-order chi connectivity index (χ0) is 20.5. The standard InChI is InChI=1S/C27H28NO/c1-16-14-18-10-9-13-22-24(18)23(17(16)2)25-26(29-22)20(15-27(3,4)5)19-11-7-8-12-21(19)28(25)6/h7-14H,15H2,1-6H3/q+1. The van der Waals surface area contributed by atoms with Crippen molar-refractivity contribution in [3.8, 4) is 22.8 Å². The van der Waals surface area contributed by atoms with Gasteiger partial charge in [-0.1, -0.05) is 51.1 Å². The van der Waals surface area contributed by atoms with Crippen molar-refractivity contribution in [2.24, 2.45) is 12.5 Å². The third kappa shape index (κ3) is 2.66. The molecule has 0 aliphatic carbocycles. The summed E-state index contributed by atoms with van der Waals surface area (Å²) in [6.07, 6.45) is 0.965. The number of ether oxygens (including phenoxy) is 1. The molecule has 3 aromatic carbocycles. The molecule has 0 radical (unpaired) electrons. The first-order valence-electron chi connectivity index (χ1n) is 10.4. The van der Waals surface area contributed by atoms with E-state index in [0.717, 1.165) is 17.9 Å². The van der Waals surface area contributed by atoms with Crippen molar-refractivity contribution < 1.29 is 9.30 Å². The van der Waals surface area contributed by atoms with E-state index in [2.05, 4.69) is 94.8 Å². The Balaban J connectivity index is 2.00. The summed E-state index contributed by atoms with van der Waals surface area (Å²) in [7, 11) is 2.17. The lowest BCUT2D eigenvalue weighted by atomic mass is 9.83. The topological polar surface area (TPSA) is 13.1 Å². The molecule has 2 heterocycles. The van der Waals surface area contributed by atoms with Crippen molar-refractivity contribution in [2.75, 3.05) is 0 Å². The zero-order valence-corrected chi connectivity index (χ0v) is 18.2. The molecule has 0 saturated carbocycles. The highest BCUT2D eigenvalue weighted by atomic mass is 16.5. The number of pyridine rings is 1. The van der Waals surface area contributed by atoms with Crippen LogP contribution >= 0.6 is 0 Å². The minimum atomic E-state index is 0.160. The summed E-state index contributed by atoms with van der Waals surface area (Å²) in [4.78, 5) is 0. The average molecular weight is 383 g/mol. The highest BCUT2D eigenvalue weighted by Gasteiger charge is 2.35. The maximum Gasteiger partial charge on any atom is 0.257 e. The number of fused-ring (bicyclic) bond motifs is 3. The summed E-state index contributed by atoms with van der Waals surface area (Å²) < 4.78 is 9.02. The SMILES string of the molecule is Cc1cc2cccc3c2c(c1C)-c1c(c(CC(C)(C)C)c2ccccc2[n+]1C)O3. The van der Waals surface area contributed by atoms with Crippen LogP contribution < -0.4 is 9.30 Å². The van der Waals surface area contributed by atoms with E-state index in [1.54, 1.807) is 0 Å². The lowest BCUT2D eigenvalue weighted by Crippen LogP contribution is -2.34. The molecule has 4 aromatic rings. The fourth-order valence-corrected chi connectivity index (χ4v) is 4.81. The summed E-state index contributed by atoms with van der Waals surface area (Å²) in [5, 5.41) is 3.76. The van der Waals surface area contributed by atoms with Crippen molar-refractivity contribution in [3.63, 3.8) is 0 Å². The molecule has 0 fully saturated rings. The lowest BCUT2D eigenvalue weighted by molar-refractivity contribution is -0.633. The number of nitrogens with zero attached hydrogens (tertiary/aromatic N) is 1. The molecule has 1 aliphatic rings. The summed E-state index contributed by atoms with van der Waals surface area (Å²) in [5.41, 5.74) is 7.90. The van der Waals surface area contributed by atoms with Crippen molar-refractivity contribution in [2.45, 2.75) is 41.0 Å². The van der Waals surface area contributed by atoms with Gasteiger partial charge in [0.2, 0.25) is 11.3 Å². The number of aryl methyl sites for hydroxylation is 2. The van der Waals surface area contributed by atoms with Crippen LogP contribution in [-0.2, 0) is 13.5 Å². The van der Waals surface area contributed by atoms with Gasteiger partial charge in [0, 0.05) is 17.0 Å². The van der Waals surface area contributed by atoms with Gasteiger partial charge in [0.25, 0.3) is 5.69 Å². The van der Waals surface area contributed by atoms with Crippen molar-refractivity contribution in [1.82, 2.24) is 0 Å². The molecule has 1 aliphatic heterocycles. The predicted octanol–water partition coefficient (Wildman–Crippen LogP) is 6.80. The Morgan fingerprint density at radius 2 is 1.72 bits per heavy atom. The summed E-state index contributed by atoms with van der Waals surface area (Å²) in [6.45, 7) is 11.4. The summed E-state index contributed by atoms with van der Waals surface area (Å²) in [6, 6.07) is 17.4. The van der Waals surface area contributed by atoms with Crippen molar-refractivity contribution in [1.29, 1.82) is 0 Å². The lowest BCUT2D eigenvalue weighted by Gasteiger charge is -2.27. The minimum Gasteiger partial charge on any atom is -0.449 e. The zero-order valence-electron chi connectivity index (χ0n) is 18.2. The van der Waals surface area contributed by atoms with Crippen molar-refractivity contribution in [3.05, 3.63) is 65.2 Å². The smallest absolute Gasteiger partial charge is 0.257 e. The number of para-hydroxylation sites is 1. The van der Waals surface area contributed by atoms with E-state index < -0.39 is 0 Å². The minimum absolute atomic E-state index is 0.160. The Labute approximate surface area is 172 Å². The molecule has 2 heteroatoms. The van der Waals surface area contributed by atoms with E-state index in [9.17, 15) is 0 Å². The molecule has 0 spiro atoms. The molecule has 0 unspecified atom stereocenters. The van der Waals surface area contributed by atoms with Gasteiger partial charge >= 0.3 is 0 Å². The van der Waals surface area contributed by atoms with Gasteiger partial charge < -0.3 is 4.74 Å². The van der Waals surface area contributed by atoms with Crippen LogP contribution in [0.4, 0.5) is 0 Å². The fourth-order valence-electron chi connectivity index (χ4n) is 4.81. The molecule has 29 heavy (non-hydrogen) atoms. The van der Waals surface area contributed by atoms with Gasteiger partial charge in [0.05, 0.1) is 10.9 Å². The fraction of sp³-hybridized carbons (Fsp3) is 0.296. The number of hydrogen-bond acceptors (Lipinski definition) is 1. The quantitative estimate of drug-likeness (QED) is 0.291. The highest BCUT2D eigenvalue weighted by molar-refractivity contribution is 6.05. The highest BCUT2D eigenvalue weighted by Crippen LogP contribution is 2.50. The molecule has 2 nitrogen and oxygen atoms in total. The van der Waals surface area contributed by atoms with Crippen LogP contribution in [-0.4, -0.2) is 0 Å². The van der Waals surface area contributed by atoms with E-state index in [-0.39, 0.29) is 5.41 Å². The van der Waals surface area contributed by atoms with Crippen LogP contribution in [0, 0.1) is 19.3 Å². The monoisotopic (exact) mass is 382 g/mol. The largest absolute Gasteiger partial charge is 0.449 e. The van der Waals surface area contributed by atoms with Gasteiger partial charge in [-0.2, -0.15) is 4.57 Å². The van der Waals surface area contributed by atoms with Gasteiger partial charge in [0.15, 0.2) is 0 Å². The molecule has 0 bridgehead atoms. The molecule has 1 aromatic heterocycles. The maximum absolute atomic E-state index is 6.69. The first-order valence-corrected chi connectivity index (χ1v) is 10.4. The summed E-state index contributed by atoms with van der Waals surface area (Å²) in [5.74, 6) is 1.99. The number of rotatable bonds is 1. The van der Waals surface area contributed by atoms with E-state index in [4.69, 9.17) is 4.74 Å². The number of benzene rings is 3. The van der Waals surface area contributed by atoms with Crippen LogP contribution in [0.5, 0.6) is 11.5 Å². The third-order valence-corrected chi connectivity index (χ3v) is 6.22. The summed E-state index contributed by atoms with van der Waals surface area (Å²) >= 11 is 0. The van der Waals surface area contributed by atoms with Gasteiger partial charge in [-0.15, -0.1) is 0 Å². The second-order valence-electron chi connectivity index (χ2n) is 9.62. The van der Waals surface area contributed by atoms with Gasteiger partial charge in [-0.25, -0.2) is 0 Å². The second-order valence-corrected chi connectivity index (χ2v) is 9.62. The number of aromatic nitrogens is 1. The molecule has 0 saturated heterocycles. The Morgan fingerprint density at radius 1 is 0.966 bits per heavy atom. The molecule has 0 atom stereocenters. The normalized spacial score (nSPS) is 12.9. The Morgan fingerprint density at radius 3 is 2.48 bits per heavy atom. The molecular weight excluding hydrogens is 354 g/mol. The van der Waals surface area contributed by atoms with Gasteiger partial charge in [0.1, 0.15) is 12.8 Å². The van der Waals surface area contributed by atoms with Crippen LogP contribution in [0.3, 0.4) is 0 Å². The molecule has 5 rings (SSSR count). The number of hydrogen-bond donors (Lipinski definition) is 0. The van der Waals surface area contributed by atoms with E-state index in [1.807, 2.05) is 0 Å².